The fourth-order valence-electron chi connectivity index (χ4n) is 4.80. The monoisotopic (exact) mass is 578 g/mol. The first kappa shape index (κ1) is 36.4. The minimum Gasteiger partial charge on any atom is -0.307 e. The summed E-state index contributed by atoms with van der Waals surface area (Å²) in [6.45, 7) is 9.65. The van der Waals surface area contributed by atoms with E-state index in [9.17, 15) is 0 Å². The molecule has 0 N–H and O–H groups in total. The minimum absolute atomic E-state index is 0. The van der Waals surface area contributed by atoms with Crippen LogP contribution in [0.15, 0.2) is 164 Å². The number of hydrogen-bond acceptors (Lipinski definition) is 3. The van der Waals surface area contributed by atoms with Gasteiger partial charge in [0.1, 0.15) is 26.5 Å². The Balaban J connectivity index is 0.000000843. The molecule has 208 valence electrons. The normalized spacial score (nSPS) is 10.8. The molecule has 0 saturated heterocycles. The molecule has 41 heavy (non-hydrogen) atoms. The van der Waals surface area contributed by atoms with Crippen molar-refractivity contribution in [2.75, 3.05) is 0 Å². The van der Waals surface area contributed by atoms with Gasteiger partial charge < -0.3 is 14.4 Å². The summed E-state index contributed by atoms with van der Waals surface area (Å²) in [6.07, 6.45) is 12.7. The van der Waals surface area contributed by atoms with Crippen molar-refractivity contribution in [3.63, 3.8) is 0 Å². The SMILES string of the molecule is C=CC1=[C-]CC=CC=C1.C=O.C=O.C=O.[Cr].c1ccc([B-](c2ccccc2)(c2ccccc2)c2ccccc2)cc1. The molecule has 0 spiro atoms. The van der Waals surface area contributed by atoms with E-state index in [1.807, 2.05) is 44.7 Å². The zero-order chi connectivity index (χ0) is 29.5. The fraction of sp³-hybridized carbons (Fsp3) is 0.0278. The predicted molar refractivity (Wildman–Crippen MR) is 171 cm³/mol. The van der Waals surface area contributed by atoms with Crippen molar-refractivity contribution in [3.05, 3.63) is 170 Å². The van der Waals surface area contributed by atoms with Gasteiger partial charge in [-0.1, -0.05) is 140 Å². The zero-order valence-corrected chi connectivity index (χ0v) is 24.5. The van der Waals surface area contributed by atoms with E-state index in [1.54, 1.807) is 0 Å². The van der Waals surface area contributed by atoms with Gasteiger partial charge in [-0.3, -0.25) is 0 Å². The summed E-state index contributed by atoms with van der Waals surface area (Å²) >= 11 is 0. The molecule has 5 rings (SSSR count). The smallest absolute Gasteiger partial charge is 0.108 e. The van der Waals surface area contributed by atoms with Gasteiger partial charge in [-0.05, 0) is 0 Å². The van der Waals surface area contributed by atoms with E-state index < -0.39 is 6.15 Å². The van der Waals surface area contributed by atoms with Crippen LogP contribution in [-0.4, -0.2) is 26.5 Å². The van der Waals surface area contributed by atoms with Gasteiger partial charge in [0.05, 0.1) is 0 Å². The predicted octanol–water partition coefficient (Wildman–Crippen LogP) is 4.92. The number of allylic oxidation sites excluding steroid dienone is 7. The van der Waals surface area contributed by atoms with E-state index in [4.69, 9.17) is 14.4 Å². The van der Waals surface area contributed by atoms with Crippen LogP contribution in [0.3, 0.4) is 0 Å². The van der Waals surface area contributed by atoms with E-state index >= 15 is 0 Å². The molecule has 0 radical (unpaired) electrons. The van der Waals surface area contributed by atoms with Gasteiger partial charge in [-0.15, -0.1) is 6.08 Å². The van der Waals surface area contributed by atoms with Crippen molar-refractivity contribution < 1.29 is 31.7 Å². The van der Waals surface area contributed by atoms with Crippen LogP contribution in [0, 0.1) is 6.08 Å². The molecule has 1 aliphatic rings. The maximum atomic E-state index is 8.00. The number of hydrogen-bond donors (Lipinski definition) is 0. The molecule has 4 aromatic rings. The van der Waals surface area contributed by atoms with E-state index in [1.165, 1.54) is 21.9 Å². The fourth-order valence-corrected chi connectivity index (χ4v) is 4.80. The second kappa shape index (κ2) is 22.3. The molecule has 0 aliphatic heterocycles. The van der Waals surface area contributed by atoms with E-state index in [-0.39, 0.29) is 17.4 Å². The van der Waals surface area contributed by atoms with Crippen molar-refractivity contribution in [2.45, 2.75) is 6.42 Å². The Labute approximate surface area is 255 Å². The first-order valence-electron chi connectivity index (χ1n) is 12.7. The quantitative estimate of drug-likeness (QED) is 0.250. The Kier molecular flexibility index (Phi) is 19.8. The number of rotatable bonds is 5. The molecule has 0 aromatic heterocycles. The van der Waals surface area contributed by atoms with Crippen LogP contribution in [0.1, 0.15) is 6.42 Å². The van der Waals surface area contributed by atoms with Crippen LogP contribution in [0.5, 0.6) is 0 Å². The second-order valence-electron chi connectivity index (χ2n) is 8.34. The third kappa shape index (κ3) is 10.2. The Bertz CT molecular complexity index is 1150. The third-order valence-electron chi connectivity index (χ3n) is 6.37. The molecule has 0 saturated carbocycles. The maximum absolute atomic E-state index is 8.00. The van der Waals surface area contributed by atoms with Crippen molar-refractivity contribution in [2.24, 2.45) is 0 Å². The number of carbonyl (C=O) groups excluding carboxylic acids is 3. The van der Waals surface area contributed by atoms with E-state index in [0.717, 1.165) is 12.0 Å². The van der Waals surface area contributed by atoms with Crippen LogP contribution in [0.4, 0.5) is 0 Å². The average Bonchev–Trinajstić information content (AvgIpc) is 3.36. The Hall–Kier alpha value is -4.55. The summed E-state index contributed by atoms with van der Waals surface area (Å²) in [4.78, 5) is 24.0. The van der Waals surface area contributed by atoms with Gasteiger partial charge in [-0.2, -0.15) is 52.2 Å². The van der Waals surface area contributed by atoms with Crippen LogP contribution < -0.4 is 21.9 Å². The topological polar surface area (TPSA) is 51.2 Å². The first-order valence-corrected chi connectivity index (χ1v) is 12.7. The summed E-state index contributed by atoms with van der Waals surface area (Å²) in [5, 5.41) is 0. The Morgan fingerprint density at radius 1 is 0.537 bits per heavy atom. The summed E-state index contributed by atoms with van der Waals surface area (Å²) in [5.74, 6) is 0. The summed E-state index contributed by atoms with van der Waals surface area (Å²) in [5.41, 5.74) is 6.44. The molecule has 0 fully saturated rings. The van der Waals surface area contributed by atoms with Crippen LogP contribution >= 0.6 is 0 Å². The van der Waals surface area contributed by atoms with Gasteiger partial charge >= 0.3 is 0 Å². The molecule has 4 aromatic carbocycles. The van der Waals surface area contributed by atoms with Gasteiger partial charge in [0.25, 0.3) is 0 Å². The molecule has 0 atom stereocenters. The van der Waals surface area contributed by atoms with Crippen molar-refractivity contribution >= 4 is 48.4 Å². The standard InChI is InChI=1S/C24H20B.C9H9.3CH2O.Cr/c1-5-13-21(14-6-1)25(22-15-7-2-8-16-22,23-17-9-3-10-18-23)24-19-11-4-12-20-24;1-2-9-7-5-3-4-6-8-9;3*1-2;/h1-20H;2-5,7H,1,6H2;3*1H2;/q2*-1;;;;. The van der Waals surface area contributed by atoms with Gasteiger partial charge in [0.2, 0.25) is 0 Å². The molecule has 5 heteroatoms. The van der Waals surface area contributed by atoms with Gasteiger partial charge in [-0.25, -0.2) is 0 Å². The average molecular weight is 578 g/mol. The molecule has 3 nitrogen and oxygen atoms in total. The van der Waals surface area contributed by atoms with Crippen LogP contribution in [-0.2, 0) is 31.7 Å². The van der Waals surface area contributed by atoms with Crippen molar-refractivity contribution in [1.29, 1.82) is 0 Å². The first-order chi connectivity index (χ1) is 19.9. The number of benzene rings is 4. The van der Waals surface area contributed by atoms with Crippen molar-refractivity contribution in [3.8, 4) is 0 Å². The third-order valence-corrected chi connectivity index (χ3v) is 6.37. The van der Waals surface area contributed by atoms with Crippen LogP contribution in [0.2, 0.25) is 0 Å². The van der Waals surface area contributed by atoms with E-state index in [2.05, 4.69) is 140 Å². The molecule has 0 bridgehead atoms. The molecule has 0 heterocycles. The van der Waals surface area contributed by atoms with Gasteiger partial charge in [0.15, 0.2) is 0 Å². The Morgan fingerprint density at radius 2 is 0.854 bits per heavy atom. The number of carbonyl (C=O) groups is 3. The summed E-state index contributed by atoms with van der Waals surface area (Å²) < 4.78 is 0. The summed E-state index contributed by atoms with van der Waals surface area (Å²) in [6, 6.07) is 43.5. The molecule has 1 aliphatic carbocycles. The molecule has 0 unspecified atom stereocenters. The largest absolute Gasteiger partial charge is 0.307 e. The maximum Gasteiger partial charge on any atom is 0.108 e. The summed E-state index contributed by atoms with van der Waals surface area (Å²) in [7, 11) is 0. The Morgan fingerprint density at radius 3 is 1.15 bits per heavy atom. The zero-order valence-electron chi connectivity index (χ0n) is 23.2. The molecular formula is C36H35BCrO3-2. The van der Waals surface area contributed by atoms with Crippen molar-refractivity contribution in [1.82, 2.24) is 0 Å². The van der Waals surface area contributed by atoms with Gasteiger partial charge in [0, 0.05) is 17.4 Å². The van der Waals surface area contributed by atoms with Crippen LogP contribution in [0.25, 0.3) is 0 Å². The van der Waals surface area contributed by atoms with E-state index in [0.29, 0.717) is 0 Å². The second-order valence-corrected chi connectivity index (χ2v) is 8.34. The minimum atomic E-state index is -1.22. The molecular weight excluding hydrogens is 543 g/mol. The molecule has 0 amide bonds.